The van der Waals surface area contributed by atoms with Gasteiger partial charge in [0, 0.05) is 12.5 Å². The highest BCUT2D eigenvalue weighted by Crippen LogP contribution is 2.58. The van der Waals surface area contributed by atoms with Gasteiger partial charge in [-0.15, -0.1) is 0 Å². The van der Waals surface area contributed by atoms with E-state index in [0.717, 1.165) is 48.7 Å². The molecule has 4 nitrogen and oxygen atoms in total. The first-order valence-corrected chi connectivity index (χ1v) is 8.83. The highest BCUT2D eigenvalue weighted by Gasteiger charge is 2.57. The standard InChI is InChI=1S/C20H24N2O2/c23-18(16-6-5-14-3-1-2-4-15(14)11-16)13-22-19(24)17-12-20(17)7-9-21-10-8-20/h1-6,11,17-18,21,23H,7-10,12-13H2,(H,22,24). The molecule has 2 unspecified atom stereocenters. The quantitative estimate of drug-likeness (QED) is 0.809. The van der Waals surface area contributed by atoms with Crippen molar-refractivity contribution in [1.82, 2.24) is 10.6 Å². The van der Waals surface area contributed by atoms with Gasteiger partial charge in [-0.2, -0.15) is 0 Å². The predicted molar refractivity (Wildman–Crippen MR) is 94.6 cm³/mol. The van der Waals surface area contributed by atoms with E-state index in [1.807, 2.05) is 36.4 Å². The number of aliphatic hydroxyl groups excluding tert-OH is 1. The fourth-order valence-electron chi connectivity index (χ4n) is 4.05. The number of amides is 1. The van der Waals surface area contributed by atoms with Gasteiger partial charge in [0.1, 0.15) is 0 Å². The van der Waals surface area contributed by atoms with Crippen LogP contribution in [-0.4, -0.2) is 30.6 Å². The summed E-state index contributed by atoms with van der Waals surface area (Å²) in [6, 6.07) is 14.0. The molecule has 2 aromatic rings. The zero-order chi connectivity index (χ0) is 16.6. The summed E-state index contributed by atoms with van der Waals surface area (Å²) in [7, 11) is 0. The van der Waals surface area contributed by atoms with Crippen LogP contribution in [0.4, 0.5) is 0 Å². The molecule has 1 aliphatic carbocycles. The van der Waals surface area contributed by atoms with E-state index in [-0.39, 0.29) is 23.8 Å². The lowest BCUT2D eigenvalue weighted by Crippen LogP contribution is -2.35. The van der Waals surface area contributed by atoms with Gasteiger partial charge in [0.25, 0.3) is 0 Å². The third-order valence-electron chi connectivity index (χ3n) is 5.73. The van der Waals surface area contributed by atoms with Crippen LogP contribution in [-0.2, 0) is 4.79 Å². The van der Waals surface area contributed by atoms with E-state index in [0.29, 0.717) is 0 Å². The number of fused-ring (bicyclic) bond motifs is 1. The Morgan fingerprint density at radius 1 is 1.21 bits per heavy atom. The van der Waals surface area contributed by atoms with Gasteiger partial charge in [0.2, 0.25) is 5.91 Å². The number of piperidine rings is 1. The van der Waals surface area contributed by atoms with Crippen LogP contribution in [0.1, 0.15) is 30.9 Å². The van der Waals surface area contributed by atoms with E-state index in [9.17, 15) is 9.90 Å². The Kier molecular flexibility index (Phi) is 4.02. The molecule has 24 heavy (non-hydrogen) atoms. The monoisotopic (exact) mass is 324 g/mol. The highest BCUT2D eigenvalue weighted by atomic mass is 16.3. The average Bonchev–Trinajstić information content (AvgIpc) is 3.32. The molecule has 0 radical (unpaired) electrons. The third-order valence-corrected chi connectivity index (χ3v) is 5.73. The van der Waals surface area contributed by atoms with E-state index >= 15 is 0 Å². The second-order valence-corrected chi connectivity index (χ2v) is 7.24. The first-order chi connectivity index (χ1) is 11.7. The van der Waals surface area contributed by atoms with Gasteiger partial charge in [-0.25, -0.2) is 0 Å². The maximum atomic E-state index is 12.4. The molecule has 1 spiro atoms. The minimum Gasteiger partial charge on any atom is -0.387 e. The lowest BCUT2D eigenvalue weighted by atomic mass is 9.92. The van der Waals surface area contributed by atoms with Crippen molar-refractivity contribution in [2.75, 3.05) is 19.6 Å². The molecule has 2 aliphatic rings. The summed E-state index contributed by atoms with van der Waals surface area (Å²) in [5.74, 6) is 0.250. The normalized spacial score (nSPS) is 23.1. The molecule has 4 heteroatoms. The van der Waals surface area contributed by atoms with Crippen molar-refractivity contribution >= 4 is 16.7 Å². The van der Waals surface area contributed by atoms with E-state index < -0.39 is 6.10 Å². The molecule has 2 atom stereocenters. The molecule has 1 aliphatic heterocycles. The summed E-state index contributed by atoms with van der Waals surface area (Å²) in [5.41, 5.74) is 1.09. The van der Waals surface area contributed by atoms with Crippen LogP contribution >= 0.6 is 0 Å². The van der Waals surface area contributed by atoms with Crippen molar-refractivity contribution in [3.63, 3.8) is 0 Å². The second-order valence-electron chi connectivity index (χ2n) is 7.24. The van der Waals surface area contributed by atoms with Crippen LogP contribution in [0.25, 0.3) is 10.8 Å². The van der Waals surface area contributed by atoms with Gasteiger partial charge in [-0.1, -0.05) is 36.4 Å². The predicted octanol–water partition coefficient (Wildman–Crippen LogP) is 2.38. The van der Waals surface area contributed by atoms with Gasteiger partial charge in [0.15, 0.2) is 0 Å². The number of hydrogen-bond donors (Lipinski definition) is 3. The number of nitrogens with one attached hydrogen (secondary N) is 2. The van der Waals surface area contributed by atoms with Crippen molar-refractivity contribution in [3.8, 4) is 0 Å². The van der Waals surface area contributed by atoms with E-state index in [2.05, 4.69) is 16.7 Å². The van der Waals surface area contributed by atoms with Crippen LogP contribution in [0.15, 0.2) is 42.5 Å². The first kappa shape index (κ1) is 15.6. The number of carbonyl (C=O) groups excluding carboxylic acids is 1. The Labute approximate surface area is 142 Å². The molecule has 1 heterocycles. The van der Waals surface area contributed by atoms with Gasteiger partial charge in [-0.3, -0.25) is 4.79 Å². The van der Waals surface area contributed by atoms with Crippen LogP contribution in [0.2, 0.25) is 0 Å². The van der Waals surface area contributed by atoms with Gasteiger partial charge in [-0.05, 0) is 60.2 Å². The number of aliphatic hydroxyl groups is 1. The molecule has 126 valence electrons. The van der Waals surface area contributed by atoms with Crippen molar-refractivity contribution in [2.24, 2.45) is 11.3 Å². The maximum absolute atomic E-state index is 12.4. The third kappa shape index (κ3) is 2.92. The number of benzene rings is 2. The highest BCUT2D eigenvalue weighted by molar-refractivity contribution is 5.83. The molecule has 0 aromatic heterocycles. The van der Waals surface area contributed by atoms with E-state index in [1.54, 1.807) is 0 Å². The van der Waals surface area contributed by atoms with Crippen LogP contribution in [0.3, 0.4) is 0 Å². The van der Waals surface area contributed by atoms with Crippen LogP contribution in [0, 0.1) is 11.3 Å². The zero-order valence-electron chi connectivity index (χ0n) is 13.8. The minimum atomic E-state index is -0.665. The molecule has 2 aromatic carbocycles. The zero-order valence-corrected chi connectivity index (χ0v) is 13.8. The Morgan fingerprint density at radius 3 is 2.75 bits per heavy atom. The minimum absolute atomic E-state index is 0.108. The summed E-state index contributed by atoms with van der Waals surface area (Å²) in [6.07, 6.45) is 2.53. The largest absolute Gasteiger partial charge is 0.387 e. The first-order valence-electron chi connectivity index (χ1n) is 8.83. The smallest absolute Gasteiger partial charge is 0.223 e. The van der Waals surface area contributed by atoms with Gasteiger partial charge in [0.05, 0.1) is 6.10 Å². The molecule has 1 saturated carbocycles. The summed E-state index contributed by atoms with van der Waals surface area (Å²) >= 11 is 0. The number of rotatable bonds is 4. The van der Waals surface area contributed by atoms with E-state index in [4.69, 9.17) is 0 Å². The molecule has 1 amide bonds. The van der Waals surface area contributed by atoms with Crippen molar-refractivity contribution < 1.29 is 9.90 Å². The van der Waals surface area contributed by atoms with Crippen LogP contribution in [0.5, 0.6) is 0 Å². The van der Waals surface area contributed by atoms with Crippen molar-refractivity contribution in [3.05, 3.63) is 48.0 Å². The Bertz CT molecular complexity index is 752. The second kappa shape index (κ2) is 6.19. The SMILES string of the molecule is O=C(NCC(O)c1ccc2ccccc2c1)C1CC12CCNCC2. The summed E-state index contributed by atoms with van der Waals surface area (Å²) in [4.78, 5) is 12.4. The molecule has 3 N–H and O–H groups in total. The maximum Gasteiger partial charge on any atom is 0.223 e. The average molecular weight is 324 g/mol. The fraction of sp³-hybridized carbons (Fsp3) is 0.450. The summed E-state index contributed by atoms with van der Waals surface area (Å²) < 4.78 is 0. The van der Waals surface area contributed by atoms with Gasteiger partial charge < -0.3 is 15.7 Å². The molecule has 4 rings (SSSR count). The topological polar surface area (TPSA) is 61.4 Å². The number of hydrogen-bond acceptors (Lipinski definition) is 3. The molecular formula is C20H24N2O2. The Hall–Kier alpha value is -1.91. The Morgan fingerprint density at radius 2 is 1.96 bits per heavy atom. The molecule has 1 saturated heterocycles. The lowest BCUT2D eigenvalue weighted by Gasteiger charge is -2.23. The molecule has 2 fully saturated rings. The van der Waals surface area contributed by atoms with Crippen molar-refractivity contribution in [1.29, 1.82) is 0 Å². The van der Waals surface area contributed by atoms with Crippen molar-refractivity contribution in [2.45, 2.75) is 25.4 Å². The van der Waals surface area contributed by atoms with E-state index in [1.165, 1.54) is 0 Å². The van der Waals surface area contributed by atoms with Gasteiger partial charge >= 0.3 is 0 Å². The lowest BCUT2D eigenvalue weighted by molar-refractivity contribution is -0.123. The molecule has 0 bridgehead atoms. The summed E-state index contributed by atoms with van der Waals surface area (Å²) in [6.45, 7) is 2.31. The molecular weight excluding hydrogens is 300 g/mol. The van der Waals surface area contributed by atoms with Crippen LogP contribution < -0.4 is 10.6 Å². The number of carbonyl (C=O) groups is 1. The Balaban J connectivity index is 1.35. The summed E-state index contributed by atoms with van der Waals surface area (Å²) in [5, 5.41) is 19.0. The fourth-order valence-corrected chi connectivity index (χ4v) is 4.05.